The molecule has 112 valence electrons. The highest BCUT2D eigenvalue weighted by atomic mass is 16.5. The van der Waals surface area contributed by atoms with E-state index in [0.29, 0.717) is 5.75 Å². The van der Waals surface area contributed by atoms with Gasteiger partial charge in [0, 0.05) is 6.54 Å². The van der Waals surface area contributed by atoms with Crippen LogP contribution in [0.2, 0.25) is 0 Å². The topological polar surface area (TPSA) is 58.6 Å². The Morgan fingerprint density at radius 3 is 2.50 bits per heavy atom. The molecule has 1 rings (SSSR count). The molecule has 0 fully saturated rings. The Kier molecular flexibility index (Phi) is 8.47. The molecule has 0 aliphatic carbocycles. The Morgan fingerprint density at radius 1 is 1.15 bits per heavy atom. The van der Waals surface area contributed by atoms with Crippen LogP contribution in [0.4, 0.5) is 0 Å². The molecular formula is C16H25NO3. The minimum Gasteiger partial charge on any atom is -0.482 e. The predicted octanol–water partition coefficient (Wildman–Crippen LogP) is 3.21. The van der Waals surface area contributed by atoms with E-state index >= 15 is 0 Å². The van der Waals surface area contributed by atoms with E-state index in [9.17, 15) is 4.79 Å². The van der Waals surface area contributed by atoms with E-state index in [4.69, 9.17) is 9.84 Å². The van der Waals surface area contributed by atoms with Crippen molar-refractivity contribution in [3.63, 3.8) is 0 Å². The maximum absolute atomic E-state index is 10.4. The number of aliphatic carboxylic acids is 1. The van der Waals surface area contributed by atoms with Crippen molar-refractivity contribution in [1.29, 1.82) is 0 Å². The summed E-state index contributed by atoms with van der Waals surface area (Å²) in [6.07, 6.45) is 6.46. The zero-order valence-corrected chi connectivity index (χ0v) is 12.2. The van der Waals surface area contributed by atoms with Crippen molar-refractivity contribution >= 4 is 5.97 Å². The van der Waals surface area contributed by atoms with E-state index < -0.39 is 5.97 Å². The molecule has 0 aliphatic heterocycles. The lowest BCUT2D eigenvalue weighted by Crippen LogP contribution is -2.14. The first-order valence-electron chi connectivity index (χ1n) is 7.36. The molecule has 0 bridgehead atoms. The summed E-state index contributed by atoms with van der Waals surface area (Å²) in [5, 5.41) is 11.9. The number of hydrogen-bond acceptors (Lipinski definition) is 3. The number of benzene rings is 1. The van der Waals surface area contributed by atoms with Gasteiger partial charge in [0.25, 0.3) is 0 Å². The first kappa shape index (κ1) is 16.5. The highest BCUT2D eigenvalue weighted by Gasteiger charge is 1.99. The minimum absolute atomic E-state index is 0.296. The Balaban J connectivity index is 2.13. The summed E-state index contributed by atoms with van der Waals surface area (Å²) in [5.74, 6) is -0.366. The van der Waals surface area contributed by atoms with Crippen LogP contribution in [0.25, 0.3) is 0 Å². The third-order valence-electron chi connectivity index (χ3n) is 3.07. The number of carboxylic acids is 1. The molecule has 0 heterocycles. The van der Waals surface area contributed by atoms with Crippen LogP contribution in [0.5, 0.6) is 5.75 Å². The molecule has 0 saturated heterocycles. The average Bonchev–Trinajstić information content (AvgIpc) is 2.45. The number of unbranched alkanes of at least 4 members (excludes halogenated alkanes) is 4. The van der Waals surface area contributed by atoms with Crippen LogP contribution in [-0.4, -0.2) is 24.2 Å². The van der Waals surface area contributed by atoms with Crippen molar-refractivity contribution in [1.82, 2.24) is 5.32 Å². The van der Waals surface area contributed by atoms with E-state index in [-0.39, 0.29) is 6.61 Å². The summed E-state index contributed by atoms with van der Waals surface area (Å²) in [4.78, 5) is 10.4. The average molecular weight is 279 g/mol. The fourth-order valence-corrected chi connectivity index (χ4v) is 1.93. The van der Waals surface area contributed by atoms with Crippen molar-refractivity contribution in [2.24, 2.45) is 0 Å². The van der Waals surface area contributed by atoms with Crippen molar-refractivity contribution in [2.45, 2.75) is 45.6 Å². The second kappa shape index (κ2) is 10.3. The van der Waals surface area contributed by atoms with Crippen molar-refractivity contribution < 1.29 is 14.6 Å². The van der Waals surface area contributed by atoms with Gasteiger partial charge in [-0.15, -0.1) is 0 Å². The molecule has 20 heavy (non-hydrogen) atoms. The van der Waals surface area contributed by atoms with Gasteiger partial charge < -0.3 is 15.2 Å². The van der Waals surface area contributed by atoms with Gasteiger partial charge >= 0.3 is 5.97 Å². The summed E-state index contributed by atoms with van der Waals surface area (Å²) < 4.78 is 5.08. The van der Waals surface area contributed by atoms with Crippen LogP contribution in [0, 0.1) is 0 Å². The third kappa shape index (κ3) is 7.79. The molecule has 2 N–H and O–H groups in total. The summed E-state index contributed by atoms with van der Waals surface area (Å²) in [7, 11) is 0. The predicted molar refractivity (Wildman–Crippen MR) is 80.0 cm³/mol. The molecule has 0 amide bonds. The number of carboxylic acid groups (broad SMARTS) is 1. The van der Waals surface area contributed by atoms with Crippen LogP contribution >= 0.6 is 0 Å². The molecular weight excluding hydrogens is 254 g/mol. The second-order valence-corrected chi connectivity index (χ2v) is 4.92. The van der Waals surface area contributed by atoms with Gasteiger partial charge in [0.05, 0.1) is 0 Å². The Morgan fingerprint density at radius 2 is 1.85 bits per heavy atom. The lowest BCUT2D eigenvalue weighted by atomic mass is 10.1. The summed E-state index contributed by atoms with van der Waals surface area (Å²) in [5.41, 5.74) is 1.18. The first-order valence-corrected chi connectivity index (χ1v) is 7.36. The molecule has 0 saturated carbocycles. The van der Waals surface area contributed by atoms with E-state index in [0.717, 1.165) is 13.1 Å². The first-order chi connectivity index (χ1) is 9.72. The van der Waals surface area contributed by atoms with Gasteiger partial charge in [0.15, 0.2) is 6.61 Å². The lowest BCUT2D eigenvalue weighted by Gasteiger charge is -2.07. The van der Waals surface area contributed by atoms with Gasteiger partial charge in [-0.1, -0.05) is 44.7 Å². The quantitative estimate of drug-likeness (QED) is 0.611. The molecule has 0 aliphatic rings. The summed E-state index contributed by atoms with van der Waals surface area (Å²) in [6.45, 7) is 3.81. The minimum atomic E-state index is -0.959. The van der Waals surface area contributed by atoms with Gasteiger partial charge in [0.2, 0.25) is 0 Å². The van der Waals surface area contributed by atoms with Gasteiger partial charge in [-0.05, 0) is 30.7 Å². The van der Waals surface area contributed by atoms with Crippen LogP contribution in [0.3, 0.4) is 0 Å². The highest BCUT2D eigenvalue weighted by Crippen LogP contribution is 2.12. The smallest absolute Gasteiger partial charge is 0.341 e. The molecule has 0 unspecified atom stereocenters. The van der Waals surface area contributed by atoms with Gasteiger partial charge in [-0.3, -0.25) is 0 Å². The van der Waals surface area contributed by atoms with Crippen LogP contribution in [0.15, 0.2) is 24.3 Å². The molecule has 1 aromatic carbocycles. The monoisotopic (exact) mass is 279 g/mol. The molecule has 4 nitrogen and oxygen atoms in total. The number of rotatable bonds is 11. The van der Waals surface area contributed by atoms with Gasteiger partial charge in [0.1, 0.15) is 5.75 Å². The van der Waals surface area contributed by atoms with E-state index in [1.54, 1.807) is 12.1 Å². The molecule has 1 aromatic rings. The third-order valence-corrected chi connectivity index (χ3v) is 3.07. The number of carbonyl (C=O) groups is 1. The van der Waals surface area contributed by atoms with Gasteiger partial charge in [-0.2, -0.15) is 0 Å². The second-order valence-electron chi connectivity index (χ2n) is 4.92. The fraction of sp³-hybridized carbons (Fsp3) is 0.562. The highest BCUT2D eigenvalue weighted by molar-refractivity contribution is 5.68. The maximum atomic E-state index is 10.4. The largest absolute Gasteiger partial charge is 0.482 e. The fourth-order valence-electron chi connectivity index (χ4n) is 1.93. The van der Waals surface area contributed by atoms with E-state index in [2.05, 4.69) is 12.2 Å². The number of nitrogens with one attached hydrogen (secondary N) is 1. The molecule has 4 heteroatoms. The maximum Gasteiger partial charge on any atom is 0.341 e. The molecule has 0 atom stereocenters. The van der Waals surface area contributed by atoms with Gasteiger partial charge in [-0.25, -0.2) is 4.79 Å². The van der Waals surface area contributed by atoms with Crippen LogP contribution in [-0.2, 0) is 11.3 Å². The number of hydrogen-bond donors (Lipinski definition) is 2. The Hall–Kier alpha value is -1.55. The van der Waals surface area contributed by atoms with Crippen LogP contribution < -0.4 is 10.1 Å². The molecule has 0 radical (unpaired) electrons. The van der Waals surface area contributed by atoms with E-state index in [1.807, 2.05) is 12.1 Å². The van der Waals surface area contributed by atoms with E-state index in [1.165, 1.54) is 37.7 Å². The van der Waals surface area contributed by atoms with Crippen molar-refractivity contribution in [3.8, 4) is 5.75 Å². The Bertz CT molecular complexity index is 376. The summed E-state index contributed by atoms with van der Waals surface area (Å²) >= 11 is 0. The zero-order valence-electron chi connectivity index (χ0n) is 12.2. The molecule has 0 spiro atoms. The number of ether oxygens (including phenoxy) is 1. The summed E-state index contributed by atoms with van der Waals surface area (Å²) in [6, 6.07) is 7.53. The Labute approximate surface area is 121 Å². The van der Waals surface area contributed by atoms with Crippen molar-refractivity contribution in [2.75, 3.05) is 13.2 Å². The normalized spacial score (nSPS) is 10.4. The lowest BCUT2D eigenvalue weighted by molar-refractivity contribution is -0.139. The zero-order chi connectivity index (χ0) is 14.6. The SMILES string of the molecule is CCCCCCCNCc1ccc(OCC(=O)O)cc1. The van der Waals surface area contributed by atoms with Crippen LogP contribution in [0.1, 0.15) is 44.6 Å². The molecule has 0 aromatic heterocycles. The standard InChI is InChI=1S/C16H25NO3/c1-2-3-4-5-6-11-17-12-14-7-9-15(10-8-14)20-13-16(18)19/h7-10,17H,2-6,11-13H2,1H3,(H,18,19). The van der Waals surface area contributed by atoms with Crippen molar-refractivity contribution in [3.05, 3.63) is 29.8 Å².